The van der Waals surface area contributed by atoms with Gasteiger partial charge in [0.15, 0.2) is 11.5 Å². The quantitative estimate of drug-likeness (QED) is 0.414. The zero-order valence-electron chi connectivity index (χ0n) is 19.4. The molecule has 0 bridgehead atoms. The SMILES string of the molecule is CC(C)Oc1cc(F)cc2ccc(-c3nnc4ccc(CN5CCC(NCCO)C5)cn34)nc12. The van der Waals surface area contributed by atoms with Crippen molar-refractivity contribution >= 4 is 16.6 Å². The van der Waals surface area contributed by atoms with E-state index in [1.165, 1.54) is 12.1 Å². The average molecular weight is 465 g/mol. The van der Waals surface area contributed by atoms with Crippen molar-refractivity contribution in [2.24, 2.45) is 0 Å². The number of aliphatic hydroxyl groups excluding tert-OH is 1. The van der Waals surface area contributed by atoms with Gasteiger partial charge in [-0.3, -0.25) is 9.30 Å². The highest BCUT2D eigenvalue weighted by Crippen LogP contribution is 2.29. The van der Waals surface area contributed by atoms with Gasteiger partial charge in [0.25, 0.3) is 0 Å². The summed E-state index contributed by atoms with van der Waals surface area (Å²) in [7, 11) is 0. The van der Waals surface area contributed by atoms with Crippen molar-refractivity contribution in [3.05, 3.63) is 54.0 Å². The van der Waals surface area contributed by atoms with E-state index in [2.05, 4.69) is 32.7 Å². The lowest BCUT2D eigenvalue weighted by Gasteiger charge is -2.17. The van der Waals surface area contributed by atoms with E-state index < -0.39 is 0 Å². The number of nitrogens with one attached hydrogen (secondary N) is 1. The van der Waals surface area contributed by atoms with E-state index in [0.717, 1.165) is 37.3 Å². The van der Waals surface area contributed by atoms with Crippen LogP contribution in [0.1, 0.15) is 25.8 Å². The molecule has 1 aromatic carbocycles. The highest BCUT2D eigenvalue weighted by Gasteiger charge is 2.22. The van der Waals surface area contributed by atoms with E-state index in [0.29, 0.717) is 40.8 Å². The lowest BCUT2D eigenvalue weighted by atomic mass is 10.1. The summed E-state index contributed by atoms with van der Waals surface area (Å²) in [5, 5.41) is 21.8. The topological polar surface area (TPSA) is 87.8 Å². The predicted molar refractivity (Wildman–Crippen MR) is 128 cm³/mol. The molecule has 1 aliphatic rings. The molecule has 8 nitrogen and oxygen atoms in total. The summed E-state index contributed by atoms with van der Waals surface area (Å²) in [5.74, 6) is 0.688. The predicted octanol–water partition coefficient (Wildman–Crippen LogP) is 3.03. The van der Waals surface area contributed by atoms with Crippen molar-refractivity contribution in [2.45, 2.75) is 39.0 Å². The van der Waals surface area contributed by atoms with Crippen LogP contribution in [0.2, 0.25) is 0 Å². The Bertz CT molecular complexity index is 1310. The number of likely N-dealkylation sites (tertiary alicyclic amines) is 1. The van der Waals surface area contributed by atoms with Crippen LogP contribution >= 0.6 is 0 Å². The van der Waals surface area contributed by atoms with Gasteiger partial charge in [0, 0.05) is 49.9 Å². The van der Waals surface area contributed by atoms with E-state index >= 15 is 0 Å². The first-order chi connectivity index (χ1) is 16.5. The molecule has 0 radical (unpaired) electrons. The number of rotatable bonds is 8. The van der Waals surface area contributed by atoms with Crippen LogP contribution < -0.4 is 10.1 Å². The highest BCUT2D eigenvalue weighted by molar-refractivity contribution is 5.86. The first-order valence-electron chi connectivity index (χ1n) is 11.7. The molecule has 2 N–H and O–H groups in total. The molecule has 0 spiro atoms. The summed E-state index contributed by atoms with van der Waals surface area (Å²) in [4.78, 5) is 7.18. The number of fused-ring (bicyclic) bond motifs is 2. The van der Waals surface area contributed by atoms with Crippen LogP contribution in [0.25, 0.3) is 28.1 Å². The second-order valence-corrected chi connectivity index (χ2v) is 9.03. The number of hydrogen-bond donors (Lipinski definition) is 2. The van der Waals surface area contributed by atoms with Gasteiger partial charge in [0.2, 0.25) is 0 Å². The Morgan fingerprint density at radius 2 is 2.09 bits per heavy atom. The summed E-state index contributed by atoms with van der Waals surface area (Å²) in [6.45, 7) is 7.38. The number of halogens is 1. The molecule has 1 atom stereocenters. The molecule has 0 amide bonds. The Kier molecular flexibility index (Phi) is 6.40. The van der Waals surface area contributed by atoms with Crippen molar-refractivity contribution in [1.29, 1.82) is 0 Å². The van der Waals surface area contributed by atoms with Gasteiger partial charge in [-0.15, -0.1) is 10.2 Å². The first kappa shape index (κ1) is 22.6. The Morgan fingerprint density at radius 3 is 2.91 bits per heavy atom. The van der Waals surface area contributed by atoms with Gasteiger partial charge >= 0.3 is 0 Å². The minimum absolute atomic E-state index is 0.101. The number of aromatic nitrogens is 4. The Hall–Kier alpha value is -3.14. The monoisotopic (exact) mass is 464 g/mol. The summed E-state index contributed by atoms with van der Waals surface area (Å²) in [6, 6.07) is 11.0. The molecule has 1 aliphatic heterocycles. The number of nitrogens with zero attached hydrogens (tertiary/aromatic N) is 5. The maximum atomic E-state index is 14.1. The van der Waals surface area contributed by atoms with Gasteiger partial charge < -0.3 is 15.2 Å². The van der Waals surface area contributed by atoms with Crippen molar-refractivity contribution in [1.82, 2.24) is 29.8 Å². The fourth-order valence-corrected chi connectivity index (χ4v) is 4.51. The molecule has 1 unspecified atom stereocenters. The van der Waals surface area contributed by atoms with Crippen LogP contribution in [0, 0.1) is 5.82 Å². The maximum Gasteiger partial charge on any atom is 0.187 e. The minimum atomic E-state index is -0.356. The average Bonchev–Trinajstić information content (AvgIpc) is 3.43. The van der Waals surface area contributed by atoms with Crippen LogP contribution in [0.5, 0.6) is 5.75 Å². The summed E-state index contributed by atoms with van der Waals surface area (Å²) in [6.07, 6.45) is 3.03. The first-order valence-corrected chi connectivity index (χ1v) is 11.7. The van der Waals surface area contributed by atoms with Crippen molar-refractivity contribution < 1.29 is 14.2 Å². The summed E-state index contributed by atoms with van der Waals surface area (Å²) < 4.78 is 21.9. The van der Waals surface area contributed by atoms with E-state index in [-0.39, 0.29) is 18.5 Å². The summed E-state index contributed by atoms with van der Waals surface area (Å²) in [5.41, 5.74) is 3.14. The Balaban J connectivity index is 1.44. The van der Waals surface area contributed by atoms with Crippen molar-refractivity contribution in [3.8, 4) is 17.3 Å². The molecule has 4 aromatic rings. The van der Waals surface area contributed by atoms with Gasteiger partial charge in [-0.1, -0.05) is 12.1 Å². The zero-order valence-corrected chi connectivity index (χ0v) is 19.4. The molecule has 9 heteroatoms. The number of pyridine rings is 2. The molecule has 0 saturated carbocycles. The largest absolute Gasteiger partial charge is 0.489 e. The van der Waals surface area contributed by atoms with Gasteiger partial charge in [-0.2, -0.15) is 0 Å². The van der Waals surface area contributed by atoms with E-state index in [4.69, 9.17) is 14.8 Å². The lowest BCUT2D eigenvalue weighted by molar-refractivity contribution is 0.244. The van der Waals surface area contributed by atoms with E-state index in [1.807, 2.05) is 36.4 Å². The third-order valence-corrected chi connectivity index (χ3v) is 6.00. The zero-order chi connectivity index (χ0) is 23.7. The van der Waals surface area contributed by atoms with Gasteiger partial charge in [-0.05, 0) is 44.0 Å². The smallest absolute Gasteiger partial charge is 0.187 e. The number of benzene rings is 1. The van der Waals surface area contributed by atoms with Gasteiger partial charge in [0.05, 0.1) is 12.7 Å². The number of aliphatic hydroxyl groups is 1. The fourth-order valence-electron chi connectivity index (χ4n) is 4.51. The molecule has 34 heavy (non-hydrogen) atoms. The molecule has 3 aromatic heterocycles. The molecule has 1 fully saturated rings. The third kappa shape index (κ3) is 4.72. The molecule has 4 heterocycles. The second kappa shape index (κ2) is 9.61. The van der Waals surface area contributed by atoms with Crippen molar-refractivity contribution in [2.75, 3.05) is 26.2 Å². The molecular formula is C25H29FN6O2. The Morgan fingerprint density at radius 1 is 1.21 bits per heavy atom. The molecule has 0 aliphatic carbocycles. The van der Waals surface area contributed by atoms with Crippen LogP contribution in [0.3, 0.4) is 0 Å². The second-order valence-electron chi connectivity index (χ2n) is 9.03. The van der Waals surface area contributed by atoms with Crippen LogP contribution in [0.15, 0.2) is 42.6 Å². The van der Waals surface area contributed by atoms with E-state index in [1.54, 1.807) is 0 Å². The lowest BCUT2D eigenvalue weighted by Crippen LogP contribution is -2.34. The van der Waals surface area contributed by atoms with E-state index in [9.17, 15) is 4.39 Å². The van der Waals surface area contributed by atoms with Gasteiger partial charge in [0.1, 0.15) is 22.8 Å². The third-order valence-electron chi connectivity index (χ3n) is 6.00. The Labute approximate surface area is 197 Å². The van der Waals surface area contributed by atoms with Gasteiger partial charge in [-0.25, -0.2) is 9.37 Å². The maximum absolute atomic E-state index is 14.1. The minimum Gasteiger partial charge on any atom is -0.489 e. The number of ether oxygens (including phenoxy) is 1. The normalized spacial score (nSPS) is 16.8. The van der Waals surface area contributed by atoms with Crippen LogP contribution in [-0.2, 0) is 6.54 Å². The molecule has 1 saturated heterocycles. The number of hydrogen-bond acceptors (Lipinski definition) is 7. The summed E-state index contributed by atoms with van der Waals surface area (Å²) >= 11 is 0. The van der Waals surface area contributed by atoms with Crippen molar-refractivity contribution in [3.63, 3.8) is 0 Å². The standard InChI is InChI=1S/C25H29FN6O2/c1-16(2)34-22-12-19(26)11-18-4-5-21(28-24(18)22)25-30-29-23-6-3-17(14-32(23)25)13-31-9-7-20(15-31)27-8-10-33/h3-6,11-12,14,16,20,27,33H,7-10,13,15H2,1-2H3. The highest BCUT2D eigenvalue weighted by atomic mass is 19.1. The molecule has 178 valence electrons. The van der Waals surface area contributed by atoms with Crippen LogP contribution in [-0.4, -0.2) is 68.0 Å². The fraction of sp³-hybridized carbons (Fsp3) is 0.400. The molecular weight excluding hydrogens is 435 g/mol. The van der Waals surface area contributed by atoms with Crippen LogP contribution in [0.4, 0.5) is 4.39 Å². The molecule has 5 rings (SSSR count).